The number of fused-ring (bicyclic) bond motifs is 1. The summed E-state index contributed by atoms with van der Waals surface area (Å²) in [5.74, 6) is 0.832. The monoisotopic (exact) mass is 234 g/mol. The van der Waals surface area contributed by atoms with Gasteiger partial charge >= 0.3 is 0 Å². The quantitative estimate of drug-likeness (QED) is 0.814. The first-order valence-corrected chi connectivity index (χ1v) is 5.58. The highest BCUT2D eigenvalue weighted by Gasteiger charge is 2.26. The molecule has 0 spiro atoms. The van der Waals surface area contributed by atoms with Crippen molar-refractivity contribution in [3.8, 4) is 11.5 Å². The number of imidazole rings is 1. The molecule has 0 fully saturated rings. The van der Waals surface area contributed by atoms with Crippen LogP contribution < -0.4 is 0 Å². The molecule has 0 amide bonds. The lowest BCUT2D eigenvalue weighted by Crippen LogP contribution is -2.13. The third kappa shape index (κ3) is 1.55. The second kappa shape index (κ2) is 3.64. The van der Waals surface area contributed by atoms with Crippen molar-refractivity contribution < 1.29 is 5.21 Å². The predicted octanol–water partition coefficient (Wildman–Crippen LogP) is 0.403. The van der Waals surface area contributed by atoms with Crippen LogP contribution in [0, 0.1) is 0 Å². The van der Waals surface area contributed by atoms with E-state index in [-0.39, 0.29) is 0 Å². The van der Waals surface area contributed by atoms with E-state index in [1.807, 2.05) is 13.2 Å². The van der Waals surface area contributed by atoms with Crippen LogP contribution in [-0.2, 0) is 26.7 Å². The molecule has 0 saturated carbocycles. The van der Waals surface area contributed by atoms with Gasteiger partial charge in [-0.1, -0.05) is 5.21 Å². The Hall–Kier alpha value is -1.73. The first-order valence-electron chi connectivity index (χ1n) is 5.58. The fourth-order valence-corrected chi connectivity index (χ4v) is 2.23. The molecule has 7 heteroatoms. The van der Waals surface area contributed by atoms with E-state index < -0.39 is 0 Å². The average Bonchev–Trinajstić information content (AvgIpc) is 2.91. The van der Waals surface area contributed by atoms with Gasteiger partial charge in [-0.2, -0.15) is 5.06 Å². The molecule has 1 N–H and O–H groups in total. The van der Waals surface area contributed by atoms with Crippen molar-refractivity contribution in [1.82, 2.24) is 29.6 Å². The van der Waals surface area contributed by atoms with Crippen molar-refractivity contribution in [3.63, 3.8) is 0 Å². The van der Waals surface area contributed by atoms with E-state index >= 15 is 0 Å². The predicted molar refractivity (Wildman–Crippen MR) is 58.9 cm³/mol. The highest BCUT2D eigenvalue weighted by atomic mass is 16.5. The molecule has 7 nitrogen and oxygen atoms in total. The van der Waals surface area contributed by atoms with Crippen LogP contribution in [0.5, 0.6) is 0 Å². The van der Waals surface area contributed by atoms with Gasteiger partial charge in [-0.3, -0.25) is 4.68 Å². The van der Waals surface area contributed by atoms with E-state index in [4.69, 9.17) is 0 Å². The maximum absolute atomic E-state index is 9.47. The molecule has 2 aromatic heterocycles. The summed E-state index contributed by atoms with van der Waals surface area (Å²) in [6, 6.07) is 0. The fourth-order valence-electron chi connectivity index (χ4n) is 2.23. The number of hydrogen-bond acceptors (Lipinski definition) is 5. The van der Waals surface area contributed by atoms with E-state index in [1.54, 1.807) is 4.68 Å². The molecule has 0 aromatic carbocycles. The minimum absolute atomic E-state index is 0.482. The Morgan fingerprint density at radius 3 is 2.88 bits per heavy atom. The van der Waals surface area contributed by atoms with Crippen molar-refractivity contribution >= 4 is 0 Å². The highest BCUT2D eigenvalue weighted by molar-refractivity contribution is 5.50. The van der Waals surface area contributed by atoms with Crippen molar-refractivity contribution in [1.29, 1.82) is 0 Å². The zero-order valence-corrected chi connectivity index (χ0v) is 9.83. The summed E-state index contributed by atoms with van der Waals surface area (Å²) in [7, 11) is 1.83. The summed E-state index contributed by atoms with van der Waals surface area (Å²) in [6.45, 7) is 3.87. The van der Waals surface area contributed by atoms with Crippen LogP contribution in [0.25, 0.3) is 11.5 Å². The van der Waals surface area contributed by atoms with E-state index in [0.29, 0.717) is 13.1 Å². The standard InChI is InChI=1S/C10H14N6O/c1-3-16-9-6-15(17)5-7(9)11-10(16)8-4-14(2)13-12-8/h4,17H,3,5-6H2,1-2H3. The van der Waals surface area contributed by atoms with Crippen LogP contribution in [0.15, 0.2) is 6.20 Å². The highest BCUT2D eigenvalue weighted by Crippen LogP contribution is 2.26. The summed E-state index contributed by atoms with van der Waals surface area (Å²) >= 11 is 0. The van der Waals surface area contributed by atoms with Crippen molar-refractivity contribution in [2.24, 2.45) is 7.05 Å². The van der Waals surface area contributed by atoms with Crippen LogP contribution in [0.1, 0.15) is 18.3 Å². The maximum atomic E-state index is 9.47. The molecule has 1 aliphatic heterocycles. The van der Waals surface area contributed by atoms with Crippen LogP contribution >= 0.6 is 0 Å². The molecule has 0 aliphatic carbocycles. The topological polar surface area (TPSA) is 72.0 Å². The molecular formula is C10H14N6O. The van der Waals surface area contributed by atoms with Crippen molar-refractivity contribution in [2.45, 2.75) is 26.6 Å². The Balaban J connectivity index is 2.10. The van der Waals surface area contributed by atoms with Crippen LogP contribution in [-0.4, -0.2) is 34.8 Å². The van der Waals surface area contributed by atoms with Gasteiger partial charge in [0.25, 0.3) is 0 Å². The minimum atomic E-state index is 0.482. The van der Waals surface area contributed by atoms with Crippen LogP contribution in [0.2, 0.25) is 0 Å². The fraction of sp³-hybridized carbons (Fsp3) is 0.500. The third-order valence-electron chi connectivity index (χ3n) is 2.97. The molecule has 0 bridgehead atoms. The molecule has 3 heterocycles. The van der Waals surface area contributed by atoms with Crippen molar-refractivity contribution in [3.05, 3.63) is 17.6 Å². The summed E-state index contributed by atoms with van der Waals surface area (Å²) in [4.78, 5) is 4.54. The third-order valence-corrected chi connectivity index (χ3v) is 2.97. The second-order valence-corrected chi connectivity index (χ2v) is 4.17. The van der Waals surface area contributed by atoms with E-state index in [1.165, 1.54) is 5.06 Å². The lowest BCUT2D eigenvalue weighted by molar-refractivity contribution is -0.0985. The molecule has 2 aromatic rings. The molecular weight excluding hydrogens is 220 g/mol. The number of hydroxylamine groups is 2. The largest absolute Gasteiger partial charge is 0.325 e. The zero-order chi connectivity index (χ0) is 12.0. The normalized spacial score (nSPS) is 15.5. The van der Waals surface area contributed by atoms with Gasteiger partial charge in [0, 0.05) is 13.6 Å². The van der Waals surface area contributed by atoms with Gasteiger partial charge < -0.3 is 9.77 Å². The van der Waals surface area contributed by atoms with E-state index in [0.717, 1.165) is 29.5 Å². The number of hydrogen-bond donors (Lipinski definition) is 1. The van der Waals surface area contributed by atoms with Gasteiger partial charge in [0.1, 0.15) is 5.69 Å². The van der Waals surface area contributed by atoms with Crippen molar-refractivity contribution in [2.75, 3.05) is 0 Å². The summed E-state index contributed by atoms with van der Waals surface area (Å²) in [5, 5.41) is 18.7. The van der Waals surface area contributed by atoms with Gasteiger partial charge in [0.15, 0.2) is 5.82 Å². The molecule has 0 saturated heterocycles. The molecule has 0 unspecified atom stereocenters. The van der Waals surface area contributed by atoms with Gasteiger partial charge in [-0.25, -0.2) is 4.98 Å². The Morgan fingerprint density at radius 2 is 2.24 bits per heavy atom. The smallest absolute Gasteiger partial charge is 0.162 e. The molecule has 3 rings (SSSR count). The Kier molecular flexibility index (Phi) is 2.23. The minimum Gasteiger partial charge on any atom is -0.325 e. The molecule has 90 valence electrons. The molecule has 0 atom stereocenters. The summed E-state index contributed by atoms with van der Waals surface area (Å²) < 4.78 is 3.74. The molecule has 1 aliphatic rings. The molecule has 0 radical (unpaired) electrons. The lowest BCUT2D eigenvalue weighted by Gasteiger charge is -2.08. The van der Waals surface area contributed by atoms with Gasteiger partial charge in [0.2, 0.25) is 0 Å². The number of rotatable bonds is 2. The Bertz CT molecular complexity index is 557. The SMILES string of the molecule is CCn1c(-c2cn(C)nn2)nc2c1CN(O)C2. The number of aryl methyl sites for hydroxylation is 1. The van der Waals surface area contributed by atoms with Gasteiger partial charge in [-0.15, -0.1) is 5.10 Å². The van der Waals surface area contributed by atoms with Gasteiger partial charge in [-0.05, 0) is 6.92 Å². The van der Waals surface area contributed by atoms with Crippen LogP contribution in [0.4, 0.5) is 0 Å². The average molecular weight is 234 g/mol. The summed E-state index contributed by atoms with van der Waals surface area (Å²) in [6.07, 6.45) is 1.85. The maximum Gasteiger partial charge on any atom is 0.162 e. The Labute approximate surface area is 98.2 Å². The zero-order valence-electron chi connectivity index (χ0n) is 9.83. The molecule has 17 heavy (non-hydrogen) atoms. The van der Waals surface area contributed by atoms with E-state index in [2.05, 4.69) is 26.8 Å². The van der Waals surface area contributed by atoms with E-state index in [9.17, 15) is 5.21 Å². The second-order valence-electron chi connectivity index (χ2n) is 4.17. The first-order chi connectivity index (χ1) is 8.19. The van der Waals surface area contributed by atoms with Crippen LogP contribution in [0.3, 0.4) is 0 Å². The Morgan fingerprint density at radius 1 is 1.41 bits per heavy atom. The van der Waals surface area contributed by atoms with Gasteiger partial charge in [0.05, 0.1) is 30.7 Å². The first kappa shape index (κ1) is 10.4. The number of aromatic nitrogens is 5. The summed E-state index contributed by atoms with van der Waals surface area (Å²) in [5.41, 5.74) is 2.76. The lowest BCUT2D eigenvalue weighted by atomic mass is 10.4. The number of nitrogens with zero attached hydrogens (tertiary/aromatic N) is 6.